The van der Waals surface area contributed by atoms with E-state index in [0.717, 1.165) is 62.6 Å². The number of nitrogens with two attached hydrogens (primary N) is 2. The van der Waals surface area contributed by atoms with Crippen LogP contribution in [0.2, 0.25) is 0 Å². The van der Waals surface area contributed by atoms with E-state index >= 15 is 0 Å². The molecule has 16 heteroatoms. The molecule has 4 aromatic rings. The Balaban J connectivity index is 0.000000208. The van der Waals surface area contributed by atoms with Gasteiger partial charge in [0.25, 0.3) is 0 Å². The lowest BCUT2D eigenvalue weighted by Gasteiger charge is -2.22. The Hall–Kier alpha value is -5.54. The number of hydrogen-bond acceptors (Lipinski definition) is 14. The zero-order chi connectivity index (χ0) is 38.8. The average molecular weight is 747 g/mol. The van der Waals surface area contributed by atoms with Crippen LogP contribution < -0.4 is 40.2 Å². The molecule has 0 unspecified atom stereocenters. The molecule has 2 aliphatic heterocycles. The van der Waals surface area contributed by atoms with Crippen molar-refractivity contribution in [3.63, 3.8) is 0 Å². The van der Waals surface area contributed by atoms with Gasteiger partial charge in [-0.3, -0.25) is 9.59 Å². The number of nitrogen functional groups attached to an aromatic ring is 2. The van der Waals surface area contributed by atoms with Crippen molar-refractivity contribution in [3.05, 3.63) is 24.3 Å². The molecule has 0 atom stereocenters. The molecule has 54 heavy (non-hydrogen) atoms. The van der Waals surface area contributed by atoms with Gasteiger partial charge in [-0.1, -0.05) is 13.8 Å². The van der Waals surface area contributed by atoms with Gasteiger partial charge in [-0.25, -0.2) is 9.97 Å². The van der Waals surface area contributed by atoms with Crippen LogP contribution in [0.15, 0.2) is 24.3 Å². The first-order valence-corrected chi connectivity index (χ1v) is 18.6. The molecule has 4 N–H and O–H groups in total. The summed E-state index contributed by atoms with van der Waals surface area (Å²) in [6.07, 6.45) is 4.69. The van der Waals surface area contributed by atoms with Crippen LogP contribution in [-0.4, -0.2) is 122 Å². The van der Waals surface area contributed by atoms with E-state index in [2.05, 4.69) is 29.7 Å². The molecule has 292 valence electrons. The van der Waals surface area contributed by atoms with Crippen molar-refractivity contribution in [1.29, 1.82) is 0 Å². The largest absolute Gasteiger partial charge is 0.493 e. The van der Waals surface area contributed by atoms with Crippen LogP contribution in [0.1, 0.15) is 52.4 Å². The molecule has 2 aromatic carbocycles. The minimum absolute atomic E-state index is 0.218. The Kier molecular flexibility index (Phi) is 13.6. The second kappa shape index (κ2) is 18.5. The predicted octanol–water partition coefficient (Wildman–Crippen LogP) is 4.14. The van der Waals surface area contributed by atoms with Crippen LogP contribution in [0.4, 0.5) is 23.5 Å². The van der Waals surface area contributed by atoms with E-state index in [1.54, 1.807) is 40.6 Å². The molecule has 6 rings (SSSR count). The van der Waals surface area contributed by atoms with Crippen LogP contribution in [-0.2, 0) is 9.59 Å². The summed E-state index contributed by atoms with van der Waals surface area (Å²) in [5.74, 6) is 4.78. The van der Waals surface area contributed by atoms with Gasteiger partial charge in [0.1, 0.15) is 11.6 Å². The van der Waals surface area contributed by atoms with E-state index in [-0.39, 0.29) is 11.8 Å². The molecule has 16 nitrogen and oxygen atoms in total. The molecule has 2 aliphatic rings. The summed E-state index contributed by atoms with van der Waals surface area (Å²) in [4.78, 5) is 50.8. The molecule has 0 saturated carbocycles. The van der Waals surface area contributed by atoms with Gasteiger partial charge >= 0.3 is 0 Å². The number of hydrogen-bond donors (Lipinski definition) is 2. The maximum absolute atomic E-state index is 12.2. The number of rotatable bonds is 10. The first-order valence-electron chi connectivity index (χ1n) is 18.6. The van der Waals surface area contributed by atoms with E-state index in [1.807, 2.05) is 35.8 Å². The highest BCUT2D eigenvalue weighted by Gasteiger charge is 2.23. The summed E-state index contributed by atoms with van der Waals surface area (Å²) >= 11 is 0. The van der Waals surface area contributed by atoms with E-state index in [9.17, 15) is 9.59 Å². The number of benzene rings is 2. The normalized spacial score (nSPS) is 14.9. The van der Waals surface area contributed by atoms with Gasteiger partial charge in [-0.15, -0.1) is 0 Å². The minimum Gasteiger partial charge on any atom is -0.493 e. The smallest absolute Gasteiger partial charge is 0.227 e. The van der Waals surface area contributed by atoms with Crippen molar-refractivity contribution in [2.24, 2.45) is 0 Å². The standard InChI is InChI=1S/2C19H27N5O3/c2*1-4-6-17(25)23-7-5-8-24(10-9-23)19-21-14-12-16(27-3)15(26-2)11-13(14)18(20)22-19/h2*11-12H,4-10H2,1-3H3,(H2,20,21,22). The Morgan fingerprint density at radius 3 is 1.28 bits per heavy atom. The molecule has 2 aromatic heterocycles. The lowest BCUT2D eigenvalue weighted by molar-refractivity contribution is -0.131. The Morgan fingerprint density at radius 2 is 0.926 bits per heavy atom. The summed E-state index contributed by atoms with van der Waals surface area (Å²) in [6, 6.07) is 7.21. The number of methoxy groups -OCH3 is 4. The SMILES string of the molecule is CCCC(=O)N1CCCN(c2nc(N)c3cc(OC)c(OC)cc3n2)CC1.CCCC(=O)N1CCCN(c2nc(N)c3cc(OC)c(OC)cc3n2)CC1. The fourth-order valence-corrected chi connectivity index (χ4v) is 6.69. The summed E-state index contributed by atoms with van der Waals surface area (Å²) in [6.45, 7) is 9.88. The third kappa shape index (κ3) is 9.15. The molecular formula is C38H54N10O6. The maximum atomic E-state index is 12.2. The first-order chi connectivity index (χ1) is 26.1. The monoisotopic (exact) mass is 746 g/mol. The molecule has 4 heterocycles. The number of carbonyl (C=O) groups is 2. The zero-order valence-electron chi connectivity index (χ0n) is 32.4. The van der Waals surface area contributed by atoms with Crippen LogP contribution in [0.3, 0.4) is 0 Å². The minimum atomic E-state index is 0.218. The van der Waals surface area contributed by atoms with Gasteiger partial charge in [-0.2, -0.15) is 9.97 Å². The number of aromatic nitrogens is 4. The maximum Gasteiger partial charge on any atom is 0.227 e. The highest BCUT2D eigenvalue weighted by Crippen LogP contribution is 2.35. The van der Waals surface area contributed by atoms with Gasteiger partial charge in [-0.05, 0) is 37.8 Å². The van der Waals surface area contributed by atoms with Crippen LogP contribution in [0.5, 0.6) is 23.0 Å². The second-order valence-corrected chi connectivity index (χ2v) is 13.2. The number of fused-ring (bicyclic) bond motifs is 2. The van der Waals surface area contributed by atoms with Gasteiger partial charge < -0.3 is 50.0 Å². The first kappa shape index (κ1) is 39.7. The number of carbonyl (C=O) groups excluding carboxylic acids is 2. The second-order valence-electron chi connectivity index (χ2n) is 13.2. The summed E-state index contributed by atoms with van der Waals surface area (Å²) in [7, 11) is 6.34. The Labute approximate surface area is 316 Å². The molecule has 2 saturated heterocycles. The quantitative estimate of drug-likeness (QED) is 0.236. The lowest BCUT2D eigenvalue weighted by atomic mass is 10.2. The molecule has 0 bridgehead atoms. The van der Waals surface area contributed by atoms with Crippen molar-refractivity contribution in [3.8, 4) is 23.0 Å². The molecular weight excluding hydrogens is 692 g/mol. The van der Waals surface area contributed by atoms with Crippen LogP contribution >= 0.6 is 0 Å². The summed E-state index contributed by atoms with van der Waals surface area (Å²) in [5.41, 5.74) is 13.8. The lowest BCUT2D eigenvalue weighted by Crippen LogP contribution is -2.35. The number of nitrogens with zero attached hydrogens (tertiary/aromatic N) is 8. The van der Waals surface area contributed by atoms with Crippen LogP contribution in [0, 0.1) is 0 Å². The van der Waals surface area contributed by atoms with E-state index in [4.69, 9.17) is 30.4 Å². The van der Waals surface area contributed by atoms with Crippen LogP contribution in [0.25, 0.3) is 21.8 Å². The van der Waals surface area contributed by atoms with Crippen molar-refractivity contribution < 1.29 is 28.5 Å². The van der Waals surface area contributed by atoms with E-state index in [0.29, 0.717) is 96.6 Å². The number of amides is 2. The van der Waals surface area contributed by atoms with Gasteiger partial charge in [0, 0.05) is 88.1 Å². The zero-order valence-corrected chi connectivity index (χ0v) is 32.4. The highest BCUT2D eigenvalue weighted by atomic mass is 16.5. The third-order valence-corrected chi connectivity index (χ3v) is 9.63. The fraction of sp³-hybridized carbons (Fsp3) is 0.526. The van der Waals surface area contributed by atoms with E-state index < -0.39 is 0 Å². The van der Waals surface area contributed by atoms with Crippen molar-refractivity contribution in [2.75, 3.05) is 102 Å². The Morgan fingerprint density at radius 1 is 0.556 bits per heavy atom. The predicted molar refractivity (Wildman–Crippen MR) is 211 cm³/mol. The molecule has 0 radical (unpaired) electrons. The molecule has 0 aliphatic carbocycles. The van der Waals surface area contributed by atoms with Gasteiger partial charge in [0.05, 0.1) is 39.5 Å². The van der Waals surface area contributed by atoms with Crippen molar-refractivity contribution in [1.82, 2.24) is 29.7 Å². The van der Waals surface area contributed by atoms with Gasteiger partial charge in [0.2, 0.25) is 23.7 Å². The average Bonchev–Trinajstić information content (AvgIpc) is 3.59. The highest BCUT2D eigenvalue weighted by molar-refractivity contribution is 5.92. The summed E-state index contributed by atoms with van der Waals surface area (Å²) < 4.78 is 21.4. The Bertz CT molecular complexity index is 1790. The molecule has 2 fully saturated rings. The number of anilines is 4. The number of ether oxygens (including phenoxy) is 4. The van der Waals surface area contributed by atoms with E-state index in [1.165, 1.54) is 0 Å². The van der Waals surface area contributed by atoms with Gasteiger partial charge in [0.15, 0.2) is 23.0 Å². The third-order valence-electron chi connectivity index (χ3n) is 9.63. The summed E-state index contributed by atoms with van der Waals surface area (Å²) in [5, 5.41) is 1.46. The molecule has 0 spiro atoms. The fourth-order valence-electron chi connectivity index (χ4n) is 6.69. The molecule has 2 amide bonds. The topological polar surface area (TPSA) is 188 Å². The van der Waals surface area contributed by atoms with Crippen molar-refractivity contribution in [2.45, 2.75) is 52.4 Å². The van der Waals surface area contributed by atoms with Crippen molar-refractivity contribution >= 4 is 57.2 Å².